The van der Waals surface area contributed by atoms with E-state index in [1.165, 1.54) is 18.6 Å². The predicted molar refractivity (Wildman–Crippen MR) is 153 cm³/mol. The lowest BCUT2D eigenvalue weighted by Gasteiger charge is -2.20. The number of anilines is 1. The number of halogens is 2. The van der Waals surface area contributed by atoms with Crippen LogP contribution in [0, 0.1) is 17.6 Å². The SMILES string of the molecule is O=C(Nc1cncc(-c2cc(F)c3[nH]nc(-c4nc5c(-c6ccccc6F)nccc5[nH]4)c3c2)c1)C1CCCCC1. The summed E-state index contributed by atoms with van der Waals surface area (Å²) in [6.45, 7) is 0. The van der Waals surface area contributed by atoms with E-state index in [4.69, 9.17) is 4.98 Å². The molecule has 4 aromatic heterocycles. The number of fused-ring (bicyclic) bond motifs is 2. The van der Waals surface area contributed by atoms with E-state index < -0.39 is 11.6 Å². The number of pyridine rings is 2. The molecule has 6 aromatic rings. The van der Waals surface area contributed by atoms with Gasteiger partial charge in [0.2, 0.25) is 5.91 Å². The van der Waals surface area contributed by atoms with Crippen LogP contribution in [0.2, 0.25) is 0 Å². The van der Waals surface area contributed by atoms with Crippen LogP contribution >= 0.6 is 0 Å². The molecule has 0 saturated heterocycles. The third-order valence-corrected chi connectivity index (χ3v) is 7.69. The number of imidazole rings is 1. The molecular weight excluding hydrogens is 524 g/mol. The van der Waals surface area contributed by atoms with Crippen LogP contribution in [0.15, 0.2) is 67.1 Å². The number of nitrogens with zero attached hydrogens (tertiary/aromatic N) is 4. The van der Waals surface area contributed by atoms with Crippen molar-refractivity contribution in [3.8, 4) is 33.9 Å². The molecule has 0 bridgehead atoms. The number of aromatic amines is 2. The average Bonchev–Trinajstić information content (AvgIpc) is 3.63. The number of carbonyl (C=O) groups is 1. The molecule has 41 heavy (non-hydrogen) atoms. The second-order valence-corrected chi connectivity index (χ2v) is 10.4. The molecular formula is C31H25F2N7O. The van der Waals surface area contributed by atoms with Crippen LogP contribution in [-0.4, -0.2) is 36.0 Å². The minimum Gasteiger partial charge on any atom is -0.336 e. The first-order chi connectivity index (χ1) is 20.0. The highest BCUT2D eigenvalue weighted by molar-refractivity contribution is 5.98. The fourth-order valence-corrected chi connectivity index (χ4v) is 5.60. The van der Waals surface area contributed by atoms with Crippen molar-refractivity contribution in [3.63, 3.8) is 0 Å². The van der Waals surface area contributed by atoms with E-state index in [1.54, 1.807) is 48.9 Å². The summed E-state index contributed by atoms with van der Waals surface area (Å²) in [5, 5.41) is 10.6. The van der Waals surface area contributed by atoms with Gasteiger partial charge in [-0.25, -0.2) is 13.8 Å². The summed E-state index contributed by atoms with van der Waals surface area (Å²) in [5.74, 6) is -0.499. The molecule has 0 radical (unpaired) electrons. The summed E-state index contributed by atoms with van der Waals surface area (Å²) in [7, 11) is 0. The lowest BCUT2D eigenvalue weighted by molar-refractivity contribution is -0.120. The standard InChI is InChI=1S/C31H25F2N7O/c32-23-9-5-4-8-21(23)27-29-25(10-11-35-27)37-30(38-29)28-22-13-18(14-24(33)26(22)39-40-28)19-12-20(16-34-15-19)36-31(41)17-6-2-1-3-7-17/h4-5,8-17H,1-3,6-7H2,(H,36,41)(H,37,38)(H,39,40). The monoisotopic (exact) mass is 549 g/mol. The molecule has 204 valence electrons. The Balaban J connectivity index is 1.26. The Kier molecular flexibility index (Phi) is 6.22. The summed E-state index contributed by atoms with van der Waals surface area (Å²) in [5.41, 5.74) is 4.28. The number of hydrogen-bond acceptors (Lipinski definition) is 5. The van der Waals surface area contributed by atoms with E-state index >= 15 is 4.39 Å². The number of H-pyrrole nitrogens is 2. The summed E-state index contributed by atoms with van der Waals surface area (Å²) in [6.07, 6.45) is 9.89. The number of amides is 1. The van der Waals surface area contributed by atoms with Crippen LogP contribution in [-0.2, 0) is 4.79 Å². The van der Waals surface area contributed by atoms with Gasteiger partial charge in [-0.1, -0.05) is 31.4 Å². The van der Waals surface area contributed by atoms with E-state index in [-0.39, 0.29) is 17.3 Å². The highest BCUT2D eigenvalue weighted by Crippen LogP contribution is 2.34. The third-order valence-electron chi connectivity index (χ3n) is 7.69. The van der Waals surface area contributed by atoms with Crippen LogP contribution in [0.5, 0.6) is 0 Å². The Labute approximate surface area is 233 Å². The van der Waals surface area contributed by atoms with Crippen molar-refractivity contribution in [1.29, 1.82) is 0 Å². The van der Waals surface area contributed by atoms with Gasteiger partial charge in [0.15, 0.2) is 5.82 Å². The fourth-order valence-electron chi connectivity index (χ4n) is 5.60. The van der Waals surface area contributed by atoms with Crippen LogP contribution in [0.1, 0.15) is 32.1 Å². The van der Waals surface area contributed by atoms with Crippen molar-refractivity contribution in [3.05, 3.63) is 78.8 Å². The molecule has 1 aliphatic carbocycles. The molecule has 1 amide bonds. The zero-order valence-electron chi connectivity index (χ0n) is 21.9. The second kappa shape index (κ2) is 10.2. The first-order valence-electron chi connectivity index (χ1n) is 13.6. The van der Waals surface area contributed by atoms with Crippen molar-refractivity contribution in [1.82, 2.24) is 30.1 Å². The van der Waals surface area contributed by atoms with Gasteiger partial charge in [-0.2, -0.15) is 5.10 Å². The second-order valence-electron chi connectivity index (χ2n) is 10.4. The summed E-state index contributed by atoms with van der Waals surface area (Å²) >= 11 is 0. The zero-order chi connectivity index (χ0) is 27.9. The largest absolute Gasteiger partial charge is 0.336 e. The van der Waals surface area contributed by atoms with Crippen molar-refractivity contribution >= 4 is 33.5 Å². The van der Waals surface area contributed by atoms with E-state index in [1.807, 2.05) is 6.07 Å². The lowest BCUT2D eigenvalue weighted by atomic mass is 9.88. The van der Waals surface area contributed by atoms with Crippen molar-refractivity contribution in [2.75, 3.05) is 5.32 Å². The Morgan fingerprint density at radius 3 is 2.63 bits per heavy atom. The molecule has 2 aromatic carbocycles. The maximum absolute atomic E-state index is 15.3. The molecule has 1 fully saturated rings. The topological polar surface area (TPSA) is 112 Å². The fraction of sp³-hybridized carbons (Fsp3) is 0.194. The predicted octanol–water partition coefficient (Wildman–Crippen LogP) is 7.03. The number of carbonyl (C=O) groups excluding carboxylic acids is 1. The molecule has 7 rings (SSSR count). The molecule has 1 saturated carbocycles. The highest BCUT2D eigenvalue weighted by atomic mass is 19.1. The van der Waals surface area contributed by atoms with Gasteiger partial charge in [-0.15, -0.1) is 0 Å². The van der Waals surface area contributed by atoms with Gasteiger partial charge < -0.3 is 10.3 Å². The first-order valence-corrected chi connectivity index (χ1v) is 13.6. The maximum Gasteiger partial charge on any atom is 0.227 e. The Morgan fingerprint density at radius 2 is 1.78 bits per heavy atom. The van der Waals surface area contributed by atoms with E-state index in [2.05, 4.69) is 30.5 Å². The molecule has 8 nitrogen and oxygen atoms in total. The van der Waals surface area contributed by atoms with Gasteiger partial charge in [0, 0.05) is 34.8 Å². The van der Waals surface area contributed by atoms with Crippen molar-refractivity contribution in [2.45, 2.75) is 32.1 Å². The van der Waals surface area contributed by atoms with E-state index in [0.717, 1.165) is 25.7 Å². The molecule has 4 heterocycles. The molecule has 0 unspecified atom stereocenters. The Morgan fingerprint density at radius 1 is 0.927 bits per heavy atom. The molecule has 3 N–H and O–H groups in total. The van der Waals surface area contributed by atoms with Gasteiger partial charge in [0.05, 0.1) is 17.4 Å². The minimum atomic E-state index is -0.488. The van der Waals surface area contributed by atoms with Gasteiger partial charge in [0.25, 0.3) is 0 Å². The Hall–Kier alpha value is -4.99. The van der Waals surface area contributed by atoms with Gasteiger partial charge >= 0.3 is 0 Å². The van der Waals surface area contributed by atoms with Crippen LogP contribution < -0.4 is 5.32 Å². The molecule has 1 aliphatic rings. The number of benzene rings is 2. The number of aromatic nitrogens is 6. The van der Waals surface area contributed by atoms with E-state index in [9.17, 15) is 9.18 Å². The number of rotatable bonds is 5. The zero-order valence-corrected chi connectivity index (χ0v) is 21.9. The molecule has 0 aliphatic heterocycles. The average molecular weight is 550 g/mol. The Bertz CT molecular complexity index is 1920. The third kappa shape index (κ3) is 4.61. The van der Waals surface area contributed by atoms with Gasteiger partial charge in [0.1, 0.15) is 34.1 Å². The molecule has 10 heteroatoms. The quantitative estimate of drug-likeness (QED) is 0.214. The van der Waals surface area contributed by atoms with Crippen molar-refractivity contribution in [2.24, 2.45) is 5.92 Å². The van der Waals surface area contributed by atoms with Crippen LogP contribution in [0.3, 0.4) is 0 Å². The van der Waals surface area contributed by atoms with Gasteiger partial charge in [-0.05, 0) is 54.8 Å². The van der Waals surface area contributed by atoms with E-state index in [0.29, 0.717) is 56.0 Å². The van der Waals surface area contributed by atoms with Crippen molar-refractivity contribution < 1.29 is 13.6 Å². The normalized spacial score (nSPS) is 14.1. The highest BCUT2D eigenvalue weighted by Gasteiger charge is 2.22. The molecule has 0 spiro atoms. The van der Waals surface area contributed by atoms with Crippen LogP contribution in [0.4, 0.5) is 14.5 Å². The summed E-state index contributed by atoms with van der Waals surface area (Å²) < 4.78 is 29.9. The number of hydrogen-bond donors (Lipinski definition) is 3. The van der Waals surface area contributed by atoms with Gasteiger partial charge in [-0.3, -0.25) is 19.9 Å². The first kappa shape index (κ1) is 25.0. The summed E-state index contributed by atoms with van der Waals surface area (Å²) in [4.78, 5) is 29.4. The minimum absolute atomic E-state index is 0.00321. The van der Waals surface area contributed by atoms with Crippen LogP contribution in [0.25, 0.3) is 55.8 Å². The maximum atomic E-state index is 15.3. The number of nitrogens with one attached hydrogen (secondary N) is 3. The summed E-state index contributed by atoms with van der Waals surface area (Å²) in [6, 6.07) is 13.1. The smallest absolute Gasteiger partial charge is 0.227 e. The molecule has 0 atom stereocenters. The lowest BCUT2D eigenvalue weighted by Crippen LogP contribution is -2.24.